The molecule has 115 heavy (non-hydrogen) atoms. The molecule has 18 atom stereocenters. The Kier molecular flexibility index (Phi) is 53.1. The minimum Gasteiger partial charge on any atom is -0.394 e. The van der Waals surface area contributed by atoms with Crippen LogP contribution in [0.25, 0.3) is 0 Å². The standard InChI is InChI=1S/C82H146N3O29P/c1-57-47-61(53-111-115(5,103)104)85(49-57)72(96)35-19-11-9-7-6-8-10-14-33-66(93)48-82(54-105-44-36-64(91)29-17-12-15-27-62(89)31-20-23-41-108-79-58(2)73(97)76(100)67(50-86)112-79,55-106-45-37-65(92)30-18-13-16-28-63(90)32-21-24-42-109-80-59(3)74(98)77(101)68(51-87)113-80)56-107-46-38-71(95)84-40-26-39-83-70(94)34-22-25-43-110-81-60(4)75(99)78(102)69(52-88)114-81/h57-61,67-69,73-81,86-88,97-102H,6-56H2,1-5H3,(H,83,94)(H,84,95)(H,103,104)/t57-,58?,59?,60?,61+,67?,68?,69?,73?,74?,75?,76?,77?,78?,79?,80?,81?,82?/m1/s1. The fourth-order valence-electron chi connectivity index (χ4n) is 14.8. The molecule has 4 fully saturated rings. The Labute approximate surface area is 681 Å². The van der Waals surface area contributed by atoms with Gasteiger partial charge in [0.2, 0.25) is 17.7 Å². The molecular weight excluding hydrogens is 1520 g/mol. The first-order chi connectivity index (χ1) is 55.0. The number of carbonyl (C=O) groups excluding carboxylic acids is 8. The summed E-state index contributed by atoms with van der Waals surface area (Å²) in [7, 11) is -3.66. The van der Waals surface area contributed by atoms with E-state index in [0.29, 0.717) is 135 Å². The Morgan fingerprint density at radius 3 is 1.11 bits per heavy atom. The second kappa shape index (κ2) is 59.0. The maximum atomic E-state index is 14.2. The van der Waals surface area contributed by atoms with E-state index in [9.17, 15) is 93.8 Å². The van der Waals surface area contributed by atoms with Crippen molar-refractivity contribution in [2.24, 2.45) is 29.1 Å². The van der Waals surface area contributed by atoms with Gasteiger partial charge in [0.25, 0.3) is 0 Å². The Morgan fingerprint density at radius 1 is 0.409 bits per heavy atom. The number of Topliss-reactive ketones (excluding diaryl/α,β-unsaturated/α-hetero) is 5. The molecule has 0 spiro atoms. The molecule has 12 N–H and O–H groups in total. The Bertz CT molecular complexity index is 2570. The number of unbranched alkanes of at least 4 members (excludes halogenated alkanes) is 14. The van der Waals surface area contributed by atoms with Crippen LogP contribution in [0.5, 0.6) is 0 Å². The summed E-state index contributed by atoms with van der Waals surface area (Å²) in [6, 6.07) is -0.218. The first-order valence-electron chi connectivity index (χ1n) is 42.8. The van der Waals surface area contributed by atoms with Crippen LogP contribution >= 0.6 is 7.60 Å². The summed E-state index contributed by atoms with van der Waals surface area (Å²) in [4.78, 5) is 116. The lowest BCUT2D eigenvalue weighted by Crippen LogP contribution is -2.55. The maximum Gasteiger partial charge on any atom is 0.325 e. The van der Waals surface area contributed by atoms with E-state index in [4.69, 9.17) is 47.2 Å². The van der Waals surface area contributed by atoms with Gasteiger partial charge in [-0.3, -0.25) is 42.9 Å². The minimum atomic E-state index is -3.66. The van der Waals surface area contributed by atoms with Crippen LogP contribution in [-0.4, -0.2) is 294 Å². The largest absolute Gasteiger partial charge is 0.394 e. The fourth-order valence-corrected chi connectivity index (χ4v) is 15.2. The highest BCUT2D eigenvalue weighted by molar-refractivity contribution is 7.51. The average molecular weight is 1670 g/mol. The second-order valence-corrected chi connectivity index (χ2v) is 34.5. The van der Waals surface area contributed by atoms with Crippen molar-refractivity contribution in [3.05, 3.63) is 0 Å². The zero-order valence-corrected chi connectivity index (χ0v) is 70.4. The van der Waals surface area contributed by atoms with Crippen LogP contribution in [0.3, 0.4) is 0 Å². The molecule has 0 bridgehead atoms. The van der Waals surface area contributed by atoms with Gasteiger partial charge in [-0.25, -0.2) is 0 Å². The number of rotatable bonds is 68. The third-order valence-corrected chi connectivity index (χ3v) is 22.7. The number of nitrogens with zero attached hydrogens (tertiary/aromatic N) is 1. The molecule has 4 rings (SSSR count). The first kappa shape index (κ1) is 104. The van der Waals surface area contributed by atoms with Crippen molar-refractivity contribution >= 4 is 54.2 Å². The number of nitrogens with one attached hydrogen (secondary N) is 2. The molecule has 33 heteroatoms. The molecule has 0 aromatic heterocycles. The number of amides is 3. The quantitative estimate of drug-likeness (QED) is 0.0256. The van der Waals surface area contributed by atoms with Gasteiger partial charge in [-0.1, -0.05) is 79.1 Å². The third-order valence-electron chi connectivity index (χ3n) is 22.1. The van der Waals surface area contributed by atoms with Gasteiger partial charge in [0.1, 0.15) is 65.5 Å². The SMILES string of the molecule is CC1C(OCCCCC(=O)CCCCCC(=O)CCOCC(COCCC(=O)CCCCCC(=O)CCCCOC2OC(CO)C(O)C(O)C2C)(COCCC(=O)NCCCNC(=O)CCCCOC2OC(CO)C(O)C(O)C2C)CC(=O)CCCCCCCCCCC(=O)N2C[C@H](C)C[C@H]2COP(C)(=O)O)OC(CO)C(O)C1O. The van der Waals surface area contributed by atoms with Crippen LogP contribution in [0.2, 0.25) is 0 Å². The van der Waals surface area contributed by atoms with Gasteiger partial charge in [0, 0.05) is 153 Å². The summed E-state index contributed by atoms with van der Waals surface area (Å²) in [6.07, 6.45) is 5.74. The van der Waals surface area contributed by atoms with Crippen LogP contribution in [0.15, 0.2) is 0 Å². The first-order valence-corrected chi connectivity index (χ1v) is 44.9. The molecule has 668 valence electrons. The van der Waals surface area contributed by atoms with Crippen molar-refractivity contribution in [2.45, 2.75) is 332 Å². The topological polar surface area (TPSA) is 476 Å². The van der Waals surface area contributed by atoms with Crippen LogP contribution in [0, 0.1) is 29.1 Å². The Balaban J connectivity index is 1.28. The Hall–Kier alpha value is -3.81. The molecule has 4 aliphatic rings. The number of hydrogen-bond donors (Lipinski definition) is 12. The highest BCUT2D eigenvalue weighted by Gasteiger charge is 2.45. The maximum absolute atomic E-state index is 14.2. The van der Waals surface area contributed by atoms with Gasteiger partial charge in [-0.2, -0.15) is 0 Å². The van der Waals surface area contributed by atoms with Gasteiger partial charge >= 0.3 is 7.60 Å². The molecule has 32 nitrogen and oxygen atoms in total. The van der Waals surface area contributed by atoms with Crippen LogP contribution < -0.4 is 10.6 Å². The zero-order chi connectivity index (χ0) is 84.6. The van der Waals surface area contributed by atoms with E-state index in [0.717, 1.165) is 58.0 Å². The number of hydrogen-bond acceptors (Lipinski definition) is 28. The number of aliphatic hydroxyl groups excluding tert-OH is 9. The normalized spacial score (nSPS) is 26.8. The number of carbonyl (C=O) groups is 8. The molecule has 0 radical (unpaired) electrons. The van der Waals surface area contributed by atoms with E-state index in [2.05, 4.69) is 17.6 Å². The van der Waals surface area contributed by atoms with Gasteiger partial charge in [0.05, 0.1) is 90.4 Å². The van der Waals surface area contributed by atoms with E-state index >= 15 is 0 Å². The van der Waals surface area contributed by atoms with Crippen molar-refractivity contribution < 1.29 is 141 Å². The van der Waals surface area contributed by atoms with Crippen LogP contribution in [-0.2, 0) is 90.1 Å². The third kappa shape index (κ3) is 42.5. The van der Waals surface area contributed by atoms with E-state index in [1.165, 1.54) is 0 Å². The molecule has 0 saturated carbocycles. The monoisotopic (exact) mass is 1670 g/mol. The van der Waals surface area contributed by atoms with E-state index in [-0.39, 0.29) is 183 Å². The molecular formula is C82H146N3O29P. The lowest BCUT2D eigenvalue weighted by molar-refractivity contribution is -0.282. The summed E-state index contributed by atoms with van der Waals surface area (Å²) in [5.41, 5.74) is -1.09. The average Bonchev–Trinajstić information content (AvgIpc) is 1.85. The number of ether oxygens (including phenoxy) is 9. The second-order valence-electron chi connectivity index (χ2n) is 32.6. The molecule has 4 aliphatic heterocycles. The highest BCUT2D eigenvalue weighted by Crippen LogP contribution is 2.39. The lowest BCUT2D eigenvalue weighted by atomic mass is 9.83. The van der Waals surface area contributed by atoms with Gasteiger partial charge in [-0.05, 0) is 95.8 Å². The summed E-state index contributed by atoms with van der Waals surface area (Å²) in [5.74, 6) is -1.66. The predicted molar refractivity (Wildman–Crippen MR) is 423 cm³/mol. The van der Waals surface area contributed by atoms with E-state index < -0.39 is 124 Å². The van der Waals surface area contributed by atoms with Crippen molar-refractivity contribution in [3.63, 3.8) is 0 Å². The molecule has 4 saturated heterocycles. The minimum absolute atomic E-state index is 0.0187. The summed E-state index contributed by atoms with van der Waals surface area (Å²) < 4.78 is 69.8. The zero-order valence-electron chi connectivity index (χ0n) is 69.5. The summed E-state index contributed by atoms with van der Waals surface area (Å²) in [5, 5.41) is 95.5. The van der Waals surface area contributed by atoms with Crippen LogP contribution in [0.1, 0.15) is 252 Å². The fraction of sp³-hybridized carbons (Fsp3) is 0.902. The van der Waals surface area contributed by atoms with E-state index in [1.54, 1.807) is 25.7 Å². The molecule has 4 heterocycles. The molecule has 3 amide bonds. The lowest BCUT2D eigenvalue weighted by Gasteiger charge is -2.40. The van der Waals surface area contributed by atoms with Gasteiger partial charge in [0.15, 0.2) is 18.9 Å². The van der Waals surface area contributed by atoms with Crippen molar-refractivity contribution in [3.8, 4) is 0 Å². The molecule has 0 aromatic carbocycles. The number of likely N-dealkylation sites (tertiary alicyclic amines) is 1. The number of ketones is 5. The molecule has 16 unspecified atom stereocenters. The highest BCUT2D eigenvalue weighted by atomic mass is 31.2. The molecule has 0 aromatic rings. The predicted octanol–water partition coefficient (Wildman–Crippen LogP) is 5.71. The summed E-state index contributed by atoms with van der Waals surface area (Å²) in [6.45, 7) is 8.73. The van der Waals surface area contributed by atoms with Gasteiger partial charge < -0.3 is 114 Å². The van der Waals surface area contributed by atoms with Crippen molar-refractivity contribution in [1.82, 2.24) is 15.5 Å². The summed E-state index contributed by atoms with van der Waals surface area (Å²) >= 11 is 0. The van der Waals surface area contributed by atoms with Crippen molar-refractivity contribution in [1.29, 1.82) is 0 Å². The number of aliphatic hydroxyl groups is 9. The van der Waals surface area contributed by atoms with Gasteiger partial charge in [-0.15, -0.1) is 0 Å². The Morgan fingerprint density at radius 2 is 0.730 bits per heavy atom. The smallest absolute Gasteiger partial charge is 0.325 e. The van der Waals surface area contributed by atoms with E-state index in [1.807, 2.05) is 0 Å². The molecule has 0 aliphatic carbocycles. The van der Waals surface area contributed by atoms with Crippen molar-refractivity contribution in [2.75, 3.05) is 112 Å². The van der Waals surface area contributed by atoms with Crippen LogP contribution in [0.4, 0.5) is 0 Å².